The summed E-state index contributed by atoms with van der Waals surface area (Å²) in [5.41, 5.74) is 1.05. The van der Waals surface area contributed by atoms with E-state index >= 15 is 0 Å². The van der Waals surface area contributed by atoms with Crippen molar-refractivity contribution in [2.45, 2.75) is 56.8 Å². The van der Waals surface area contributed by atoms with E-state index in [-0.39, 0.29) is 18.2 Å². The van der Waals surface area contributed by atoms with E-state index in [0.29, 0.717) is 25.9 Å². The molecular weight excluding hydrogens is 308 g/mol. The van der Waals surface area contributed by atoms with Crippen LogP contribution in [0.4, 0.5) is 4.79 Å². The molecule has 134 valence electrons. The van der Waals surface area contributed by atoms with Gasteiger partial charge in [0.25, 0.3) is 0 Å². The van der Waals surface area contributed by atoms with Crippen LogP contribution in [0.25, 0.3) is 0 Å². The minimum Gasteiger partial charge on any atom is -0.376 e. The highest BCUT2D eigenvalue weighted by Crippen LogP contribution is 2.27. The molecule has 24 heavy (non-hydrogen) atoms. The first-order valence-corrected chi connectivity index (χ1v) is 8.96. The molecule has 2 N–H and O–H groups in total. The van der Waals surface area contributed by atoms with E-state index < -0.39 is 0 Å². The Morgan fingerprint density at radius 3 is 3.00 bits per heavy atom. The zero-order chi connectivity index (χ0) is 16.8. The minimum atomic E-state index is -0.124. The molecule has 7 nitrogen and oxygen atoms in total. The molecule has 7 heteroatoms. The first kappa shape index (κ1) is 17.2. The lowest BCUT2D eigenvalue weighted by atomic mass is 10.0. The topological polar surface area (TPSA) is 77.4 Å². The van der Waals surface area contributed by atoms with Gasteiger partial charge in [0.05, 0.1) is 30.9 Å². The van der Waals surface area contributed by atoms with Gasteiger partial charge in [-0.2, -0.15) is 0 Å². The molecule has 2 atom stereocenters. The number of aromatic nitrogens is 2. The van der Waals surface area contributed by atoms with Gasteiger partial charge in [-0.15, -0.1) is 0 Å². The predicted molar refractivity (Wildman–Crippen MR) is 89.7 cm³/mol. The van der Waals surface area contributed by atoms with Gasteiger partial charge in [0.1, 0.15) is 6.10 Å². The molecule has 1 saturated carbocycles. The van der Waals surface area contributed by atoms with Crippen molar-refractivity contribution in [3.63, 3.8) is 0 Å². The maximum atomic E-state index is 12.0. The number of aryl methyl sites for hydroxylation is 1. The van der Waals surface area contributed by atoms with Crippen LogP contribution >= 0.6 is 0 Å². The van der Waals surface area contributed by atoms with Gasteiger partial charge in [-0.1, -0.05) is 12.8 Å². The fraction of sp³-hybridized carbons (Fsp3) is 0.765. The number of urea groups is 1. The number of nitrogens with one attached hydrogen (secondary N) is 2. The van der Waals surface area contributed by atoms with Crippen molar-refractivity contribution in [1.82, 2.24) is 20.2 Å². The average molecular weight is 336 g/mol. The molecule has 2 amide bonds. The SMILES string of the molecule is Cn1cncc1[C@@H]1C[C@H](NC(=O)NCCOC2CCCC2)CCO1. The maximum Gasteiger partial charge on any atom is 0.315 e. The second-order valence-corrected chi connectivity index (χ2v) is 6.69. The molecule has 0 bridgehead atoms. The molecule has 3 rings (SSSR count). The Morgan fingerprint density at radius 1 is 1.42 bits per heavy atom. The largest absolute Gasteiger partial charge is 0.376 e. The molecule has 1 aromatic heterocycles. The summed E-state index contributed by atoms with van der Waals surface area (Å²) in [5, 5.41) is 5.92. The second-order valence-electron chi connectivity index (χ2n) is 6.69. The van der Waals surface area contributed by atoms with Crippen molar-refractivity contribution in [3.05, 3.63) is 18.2 Å². The molecule has 1 aliphatic carbocycles. The van der Waals surface area contributed by atoms with Gasteiger partial charge in [0.2, 0.25) is 0 Å². The van der Waals surface area contributed by atoms with Crippen LogP contribution in [0.5, 0.6) is 0 Å². The molecule has 2 aliphatic rings. The molecule has 1 aromatic rings. The van der Waals surface area contributed by atoms with Crippen LogP contribution in [-0.4, -0.2) is 47.5 Å². The molecule has 0 radical (unpaired) electrons. The van der Waals surface area contributed by atoms with Crippen molar-refractivity contribution in [2.75, 3.05) is 19.8 Å². The van der Waals surface area contributed by atoms with E-state index in [4.69, 9.17) is 9.47 Å². The van der Waals surface area contributed by atoms with Crippen molar-refractivity contribution >= 4 is 6.03 Å². The van der Waals surface area contributed by atoms with Gasteiger partial charge >= 0.3 is 6.03 Å². The number of imidazole rings is 1. The summed E-state index contributed by atoms with van der Waals surface area (Å²) in [6.45, 7) is 1.78. The Balaban J connectivity index is 1.35. The molecule has 1 saturated heterocycles. The van der Waals surface area contributed by atoms with Crippen LogP contribution in [0.15, 0.2) is 12.5 Å². The lowest BCUT2D eigenvalue weighted by Gasteiger charge is -2.30. The quantitative estimate of drug-likeness (QED) is 0.778. The van der Waals surface area contributed by atoms with Crippen LogP contribution in [0.1, 0.15) is 50.3 Å². The summed E-state index contributed by atoms with van der Waals surface area (Å²) >= 11 is 0. The fourth-order valence-electron chi connectivity index (χ4n) is 3.49. The van der Waals surface area contributed by atoms with Crippen LogP contribution in [0.3, 0.4) is 0 Å². The van der Waals surface area contributed by atoms with E-state index in [0.717, 1.165) is 31.4 Å². The summed E-state index contributed by atoms with van der Waals surface area (Å²) in [6, 6.07) is -0.00456. The maximum absolute atomic E-state index is 12.0. The van der Waals surface area contributed by atoms with Crippen LogP contribution < -0.4 is 10.6 Å². The summed E-state index contributed by atoms with van der Waals surface area (Å²) in [7, 11) is 1.96. The highest BCUT2D eigenvalue weighted by Gasteiger charge is 2.26. The summed E-state index contributed by atoms with van der Waals surface area (Å²) < 4.78 is 13.5. The number of hydrogen-bond acceptors (Lipinski definition) is 4. The number of rotatable bonds is 6. The first-order valence-electron chi connectivity index (χ1n) is 8.96. The Bertz CT molecular complexity index is 528. The van der Waals surface area contributed by atoms with Gasteiger partial charge in [-0.3, -0.25) is 0 Å². The third-order valence-electron chi connectivity index (χ3n) is 4.85. The number of nitrogens with zero attached hydrogens (tertiary/aromatic N) is 2. The van der Waals surface area contributed by atoms with E-state index in [1.807, 2.05) is 17.8 Å². The van der Waals surface area contributed by atoms with Gasteiger partial charge in [0, 0.05) is 26.2 Å². The van der Waals surface area contributed by atoms with Gasteiger partial charge < -0.3 is 24.7 Å². The Hall–Kier alpha value is -1.60. The molecule has 0 aromatic carbocycles. The van der Waals surface area contributed by atoms with Gasteiger partial charge in [-0.25, -0.2) is 9.78 Å². The lowest BCUT2D eigenvalue weighted by Crippen LogP contribution is -2.46. The highest BCUT2D eigenvalue weighted by atomic mass is 16.5. The summed E-state index contributed by atoms with van der Waals surface area (Å²) in [6.07, 6.45) is 10.4. The van der Waals surface area contributed by atoms with E-state index in [1.54, 1.807) is 6.33 Å². The second kappa shape index (κ2) is 8.48. The predicted octanol–water partition coefficient (Wildman–Crippen LogP) is 1.90. The molecule has 2 fully saturated rings. The number of carbonyl (C=O) groups excluding carboxylic acids is 1. The standard InChI is InChI=1S/C17H28N4O3/c1-21-12-18-11-15(21)16-10-13(6-8-24-16)20-17(22)19-7-9-23-14-4-2-3-5-14/h11-14,16H,2-10H2,1H3,(H2,19,20,22)/t13-,16+/m1/s1. The van der Waals surface area contributed by atoms with E-state index in [2.05, 4.69) is 15.6 Å². The fourth-order valence-corrected chi connectivity index (χ4v) is 3.49. The average Bonchev–Trinajstić information content (AvgIpc) is 3.23. The number of ether oxygens (including phenoxy) is 2. The third-order valence-corrected chi connectivity index (χ3v) is 4.85. The Morgan fingerprint density at radius 2 is 2.25 bits per heavy atom. The molecule has 1 aliphatic heterocycles. The van der Waals surface area contributed by atoms with Gasteiger partial charge in [-0.05, 0) is 25.7 Å². The van der Waals surface area contributed by atoms with Crippen molar-refractivity contribution in [1.29, 1.82) is 0 Å². The summed E-state index contributed by atoms with van der Waals surface area (Å²) in [4.78, 5) is 16.2. The van der Waals surface area contributed by atoms with Crippen molar-refractivity contribution in [2.24, 2.45) is 7.05 Å². The highest BCUT2D eigenvalue weighted by molar-refractivity contribution is 5.74. The molecular formula is C17H28N4O3. The first-order chi connectivity index (χ1) is 11.7. The molecule has 0 unspecified atom stereocenters. The van der Waals surface area contributed by atoms with Crippen LogP contribution in [-0.2, 0) is 16.5 Å². The number of hydrogen-bond donors (Lipinski definition) is 2. The monoisotopic (exact) mass is 336 g/mol. The molecule has 0 spiro atoms. The lowest BCUT2D eigenvalue weighted by molar-refractivity contribution is -0.00186. The van der Waals surface area contributed by atoms with Crippen molar-refractivity contribution in [3.8, 4) is 0 Å². The van der Waals surface area contributed by atoms with Crippen molar-refractivity contribution < 1.29 is 14.3 Å². The Labute approximate surface area is 143 Å². The number of amides is 2. The summed E-state index contributed by atoms with van der Waals surface area (Å²) in [5.74, 6) is 0. The smallest absolute Gasteiger partial charge is 0.315 e. The Kier molecular flexibility index (Phi) is 6.09. The van der Waals surface area contributed by atoms with Crippen LogP contribution in [0, 0.1) is 0 Å². The zero-order valence-corrected chi connectivity index (χ0v) is 14.4. The van der Waals surface area contributed by atoms with Gasteiger partial charge in [0.15, 0.2) is 0 Å². The van der Waals surface area contributed by atoms with Crippen LogP contribution in [0.2, 0.25) is 0 Å². The third kappa shape index (κ3) is 4.70. The van der Waals surface area contributed by atoms with E-state index in [9.17, 15) is 4.79 Å². The zero-order valence-electron chi connectivity index (χ0n) is 14.4. The van der Waals surface area contributed by atoms with E-state index in [1.165, 1.54) is 12.8 Å². The molecule has 2 heterocycles. The normalized spacial score (nSPS) is 24.9. The minimum absolute atomic E-state index is 0.0118. The number of carbonyl (C=O) groups is 1.